The number of rotatable bonds is 5. The van der Waals surface area contributed by atoms with E-state index in [9.17, 15) is 9.59 Å². The Morgan fingerprint density at radius 3 is 2.39 bits per heavy atom. The lowest BCUT2D eigenvalue weighted by Crippen LogP contribution is -2.46. The van der Waals surface area contributed by atoms with Gasteiger partial charge in [0.25, 0.3) is 0 Å². The van der Waals surface area contributed by atoms with Gasteiger partial charge in [0.1, 0.15) is 5.82 Å². The summed E-state index contributed by atoms with van der Waals surface area (Å²) in [5, 5.41) is 8.72. The molecule has 3 rings (SSSR count). The van der Waals surface area contributed by atoms with Crippen molar-refractivity contribution in [3.63, 3.8) is 0 Å². The van der Waals surface area contributed by atoms with E-state index in [0.717, 1.165) is 31.7 Å². The summed E-state index contributed by atoms with van der Waals surface area (Å²) in [5.41, 5.74) is 1.31. The van der Waals surface area contributed by atoms with Crippen molar-refractivity contribution in [2.75, 3.05) is 28.6 Å². The predicted octanol–water partition coefficient (Wildman–Crippen LogP) is 3.47. The lowest BCUT2D eigenvalue weighted by atomic mass is 10.1. The van der Waals surface area contributed by atoms with E-state index in [1.807, 2.05) is 32.0 Å². The first-order valence-electron chi connectivity index (χ1n) is 9.65. The number of piperidine rings is 1. The third kappa shape index (κ3) is 5.45. The van der Waals surface area contributed by atoms with Gasteiger partial charge in [-0.1, -0.05) is 26.0 Å². The van der Waals surface area contributed by atoms with Crippen LogP contribution in [0.15, 0.2) is 48.7 Å². The molecule has 0 aliphatic carbocycles. The molecule has 1 aromatic carbocycles. The highest BCUT2D eigenvalue weighted by Gasteiger charge is 2.21. The van der Waals surface area contributed by atoms with Crippen LogP contribution in [0.4, 0.5) is 22.0 Å². The summed E-state index contributed by atoms with van der Waals surface area (Å²) < 4.78 is 0. The normalized spacial score (nSPS) is 14.6. The molecule has 28 heavy (non-hydrogen) atoms. The Bertz CT molecular complexity index is 801. The third-order valence-electron chi connectivity index (χ3n) is 4.72. The number of urea groups is 1. The molecule has 3 N–H and O–H groups in total. The van der Waals surface area contributed by atoms with E-state index < -0.39 is 0 Å². The molecule has 148 valence electrons. The Balaban J connectivity index is 1.48. The summed E-state index contributed by atoms with van der Waals surface area (Å²) >= 11 is 0. The van der Waals surface area contributed by atoms with Crippen LogP contribution >= 0.6 is 0 Å². The van der Waals surface area contributed by atoms with Gasteiger partial charge in [0.15, 0.2) is 0 Å². The molecule has 2 aromatic rings. The Morgan fingerprint density at radius 2 is 1.75 bits per heavy atom. The Morgan fingerprint density at radius 1 is 1.04 bits per heavy atom. The van der Waals surface area contributed by atoms with Gasteiger partial charge in [-0.2, -0.15) is 0 Å². The van der Waals surface area contributed by atoms with Crippen molar-refractivity contribution in [3.8, 4) is 0 Å². The first kappa shape index (κ1) is 19.7. The number of aromatic nitrogens is 1. The molecule has 2 heterocycles. The number of nitrogens with one attached hydrogen (secondary N) is 3. The van der Waals surface area contributed by atoms with Crippen LogP contribution in [0.2, 0.25) is 0 Å². The van der Waals surface area contributed by atoms with E-state index in [-0.39, 0.29) is 23.9 Å². The van der Waals surface area contributed by atoms with Gasteiger partial charge >= 0.3 is 6.03 Å². The number of carbonyl (C=O) groups excluding carboxylic acids is 2. The van der Waals surface area contributed by atoms with Crippen molar-refractivity contribution in [3.05, 3.63) is 48.7 Å². The largest absolute Gasteiger partial charge is 0.356 e. The van der Waals surface area contributed by atoms with Gasteiger partial charge in [0.05, 0.1) is 0 Å². The van der Waals surface area contributed by atoms with Gasteiger partial charge in [0.2, 0.25) is 5.91 Å². The number of anilines is 3. The van der Waals surface area contributed by atoms with Gasteiger partial charge < -0.3 is 20.9 Å². The zero-order valence-electron chi connectivity index (χ0n) is 16.3. The van der Waals surface area contributed by atoms with Gasteiger partial charge in [0, 0.05) is 42.6 Å². The van der Waals surface area contributed by atoms with E-state index in [0.29, 0.717) is 11.4 Å². The zero-order valence-corrected chi connectivity index (χ0v) is 16.3. The number of nitrogens with zero attached hydrogens (tertiary/aromatic N) is 2. The maximum atomic E-state index is 12.3. The molecule has 0 spiro atoms. The Labute approximate surface area is 165 Å². The Kier molecular flexibility index (Phi) is 6.47. The number of amides is 3. The molecule has 1 fully saturated rings. The molecule has 0 atom stereocenters. The van der Waals surface area contributed by atoms with Crippen LogP contribution in [-0.4, -0.2) is 36.1 Å². The Hall–Kier alpha value is -3.09. The summed E-state index contributed by atoms with van der Waals surface area (Å²) in [4.78, 5) is 30.8. The molecule has 0 radical (unpaired) electrons. The first-order chi connectivity index (χ1) is 13.5. The van der Waals surface area contributed by atoms with Gasteiger partial charge in [-0.3, -0.25) is 4.79 Å². The fraction of sp³-hybridized carbons (Fsp3) is 0.381. The lowest BCUT2D eigenvalue weighted by Gasteiger charge is -2.33. The number of hydrogen-bond donors (Lipinski definition) is 3. The van der Waals surface area contributed by atoms with Gasteiger partial charge in [-0.25, -0.2) is 9.78 Å². The van der Waals surface area contributed by atoms with Crippen LogP contribution in [0, 0.1) is 5.92 Å². The minimum atomic E-state index is -0.233. The fourth-order valence-electron chi connectivity index (χ4n) is 3.11. The molecule has 1 aromatic heterocycles. The second kappa shape index (κ2) is 9.21. The lowest BCUT2D eigenvalue weighted by molar-refractivity contribution is -0.118. The van der Waals surface area contributed by atoms with E-state index in [2.05, 4.69) is 25.8 Å². The molecule has 0 bridgehead atoms. The SMILES string of the molecule is CC(C)C(=O)Nc1cccc(NC(=O)NC2CCN(c3ccccn3)CC2)c1. The highest BCUT2D eigenvalue weighted by atomic mass is 16.2. The molecule has 0 unspecified atom stereocenters. The topological polar surface area (TPSA) is 86.4 Å². The van der Waals surface area contributed by atoms with Crippen molar-refractivity contribution in [2.45, 2.75) is 32.7 Å². The van der Waals surface area contributed by atoms with Gasteiger partial charge in [-0.05, 0) is 43.2 Å². The van der Waals surface area contributed by atoms with Gasteiger partial charge in [-0.15, -0.1) is 0 Å². The molecule has 1 aliphatic rings. The summed E-state index contributed by atoms with van der Waals surface area (Å²) in [5.74, 6) is 0.823. The van der Waals surface area contributed by atoms with Crippen LogP contribution in [0.3, 0.4) is 0 Å². The minimum Gasteiger partial charge on any atom is -0.356 e. The fourth-order valence-corrected chi connectivity index (χ4v) is 3.11. The van der Waals surface area contributed by atoms with Crippen molar-refractivity contribution >= 4 is 29.1 Å². The van der Waals surface area contributed by atoms with E-state index in [1.165, 1.54) is 0 Å². The monoisotopic (exact) mass is 381 g/mol. The van der Waals surface area contributed by atoms with Crippen LogP contribution in [0.25, 0.3) is 0 Å². The smallest absolute Gasteiger partial charge is 0.319 e. The molecule has 3 amide bonds. The number of carbonyl (C=O) groups is 2. The van der Waals surface area contributed by atoms with Crippen molar-refractivity contribution in [1.82, 2.24) is 10.3 Å². The number of pyridine rings is 1. The van der Waals surface area contributed by atoms with E-state index >= 15 is 0 Å². The van der Waals surface area contributed by atoms with Crippen molar-refractivity contribution in [1.29, 1.82) is 0 Å². The summed E-state index contributed by atoms with van der Waals surface area (Å²) in [6.45, 7) is 5.39. The molecular weight excluding hydrogens is 354 g/mol. The quantitative estimate of drug-likeness (QED) is 0.740. The van der Waals surface area contributed by atoms with Crippen LogP contribution in [0.5, 0.6) is 0 Å². The van der Waals surface area contributed by atoms with Crippen LogP contribution < -0.4 is 20.9 Å². The van der Waals surface area contributed by atoms with Crippen LogP contribution in [0.1, 0.15) is 26.7 Å². The molecule has 7 nitrogen and oxygen atoms in total. The molecular formula is C21H27N5O2. The van der Waals surface area contributed by atoms with Crippen LogP contribution in [-0.2, 0) is 4.79 Å². The average Bonchev–Trinajstić information content (AvgIpc) is 2.69. The van der Waals surface area contributed by atoms with E-state index in [1.54, 1.807) is 30.5 Å². The van der Waals surface area contributed by atoms with E-state index in [4.69, 9.17) is 0 Å². The minimum absolute atomic E-state index is 0.0544. The van der Waals surface area contributed by atoms with Crippen molar-refractivity contribution < 1.29 is 9.59 Å². The predicted molar refractivity (Wildman–Crippen MR) is 112 cm³/mol. The average molecular weight is 381 g/mol. The number of hydrogen-bond acceptors (Lipinski definition) is 4. The summed E-state index contributed by atoms with van der Waals surface area (Å²) in [6, 6.07) is 13.0. The summed E-state index contributed by atoms with van der Waals surface area (Å²) in [7, 11) is 0. The first-order valence-corrected chi connectivity index (χ1v) is 9.65. The molecule has 1 aliphatic heterocycles. The second-order valence-electron chi connectivity index (χ2n) is 7.27. The molecule has 0 saturated carbocycles. The highest BCUT2D eigenvalue weighted by Crippen LogP contribution is 2.18. The maximum Gasteiger partial charge on any atom is 0.319 e. The van der Waals surface area contributed by atoms with Crippen molar-refractivity contribution in [2.24, 2.45) is 5.92 Å². The zero-order chi connectivity index (χ0) is 19.9. The third-order valence-corrected chi connectivity index (χ3v) is 4.72. The second-order valence-corrected chi connectivity index (χ2v) is 7.27. The summed E-state index contributed by atoms with van der Waals surface area (Å²) in [6.07, 6.45) is 3.54. The molecule has 7 heteroatoms. The highest BCUT2D eigenvalue weighted by molar-refractivity contribution is 5.94. The number of benzene rings is 1. The molecule has 1 saturated heterocycles. The maximum absolute atomic E-state index is 12.3. The standard InChI is InChI=1S/C21H27N5O2/c1-15(2)20(27)23-17-6-5-7-18(14-17)25-21(28)24-16-9-12-26(13-10-16)19-8-3-4-11-22-19/h3-8,11,14-16H,9-10,12-13H2,1-2H3,(H,23,27)(H2,24,25,28).